The van der Waals surface area contributed by atoms with Crippen LogP contribution in [0.5, 0.6) is 0 Å². The highest BCUT2D eigenvalue weighted by molar-refractivity contribution is 6.00. The third-order valence-corrected chi connectivity index (χ3v) is 5.24. The van der Waals surface area contributed by atoms with Gasteiger partial charge in [-0.2, -0.15) is 0 Å². The van der Waals surface area contributed by atoms with Crippen LogP contribution in [-0.4, -0.2) is 52.0 Å². The molecule has 2 N–H and O–H groups in total. The number of nitrogens with zero attached hydrogens (tertiary/aromatic N) is 3. The summed E-state index contributed by atoms with van der Waals surface area (Å²) in [5.41, 5.74) is 2.14. The summed E-state index contributed by atoms with van der Waals surface area (Å²) in [6.07, 6.45) is 7.57. The number of amides is 1. The lowest BCUT2D eigenvalue weighted by molar-refractivity contribution is 0.0945. The number of alkyl carbamates (subject to hydrolysis) is 1. The minimum Gasteiger partial charge on any atom is -0.447 e. The van der Waals surface area contributed by atoms with Crippen molar-refractivity contribution in [1.82, 2.24) is 24.8 Å². The van der Waals surface area contributed by atoms with Gasteiger partial charge in [0, 0.05) is 30.8 Å². The van der Waals surface area contributed by atoms with Gasteiger partial charge in [0.1, 0.15) is 17.8 Å². The van der Waals surface area contributed by atoms with Gasteiger partial charge in [-0.15, -0.1) is 0 Å². The van der Waals surface area contributed by atoms with E-state index in [1.54, 1.807) is 13.3 Å². The van der Waals surface area contributed by atoms with Crippen molar-refractivity contribution in [2.24, 2.45) is 0 Å². The number of ether oxygens (including phenoxy) is 2. The van der Waals surface area contributed by atoms with Crippen molar-refractivity contribution in [2.75, 3.05) is 20.3 Å². The Bertz CT molecular complexity index is 1040. The fraction of sp³-hybridized carbons (Fsp3) is 0.474. The van der Waals surface area contributed by atoms with Crippen molar-refractivity contribution in [3.8, 4) is 0 Å². The lowest BCUT2D eigenvalue weighted by Gasteiger charge is -2.30. The SMILES string of the molecule is COCCOC(=O)N[C@H]1CC[C@H](n2c(=O)cnc3cnc4[nH]ccc4c32)CC1. The molecule has 0 atom stereocenters. The second-order valence-corrected chi connectivity index (χ2v) is 6.98. The van der Waals surface area contributed by atoms with E-state index in [9.17, 15) is 9.59 Å². The van der Waals surface area contributed by atoms with Crippen molar-refractivity contribution in [3.05, 3.63) is 35.0 Å². The molecule has 1 saturated carbocycles. The highest BCUT2D eigenvalue weighted by Gasteiger charge is 2.26. The maximum absolute atomic E-state index is 12.7. The fourth-order valence-corrected chi connectivity index (χ4v) is 3.90. The Hall–Kier alpha value is -2.94. The summed E-state index contributed by atoms with van der Waals surface area (Å²) >= 11 is 0. The predicted octanol–water partition coefficient (Wildman–Crippen LogP) is 2.13. The minimum absolute atomic E-state index is 0.0454. The number of hydrogen-bond acceptors (Lipinski definition) is 6. The molecule has 9 heteroatoms. The normalized spacial score (nSPS) is 19.8. The third kappa shape index (κ3) is 3.57. The van der Waals surface area contributed by atoms with Crippen molar-refractivity contribution < 1.29 is 14.3 Å². The van der Waals surface area contributed by atoms with Crippen LogP contribution in [0.3, 0.4) is 0 Å². The molecular formula is C19H23N5O4. The van der Waals surface area contributed by atoms with Crippen molar-refractivity contribution in [3.63, 3.8) is 0 Å². The number of nitrogens with one attached hydrogen (secondary N) is 2. The summed E-state index contributed by atoms with van der Waals surface area (Å²) in [5.74, 6) is 0. The number of carbonyl (C=O) groups is 1. The van der Waals surface area contributed by atoms with Crippen LogP contribution in [-0.2, 0) is 9.47 Å². The third-order valence-electron chi connectivity index (χ3n) is 5.24. The first-order valence-electron chi connectivity index (χ1n) is 9.43. The maximum atomic E-state index is 12.7. The van der Waals surface area contributed by atoms with E-state index in [4.69, 9.17) is 9.47 Å². The molecular weight excluding hydrogens is 362 g/mol. The van der Waals surface area contributed by atoms with E-state index < -0.39 is 6.09 Å². The van der Waals surface area contributed by atoms with Crippen LogP contribution >= 0.6 is 0 Å². The fourth-order valence-electron chi connectivity index (χ4n) is 3.90. The number of rotatable bonds is 5. The molecule has 1 aliphatic carbocycles. The average molecular weight is 385 g/mol. The minimum atomic E-state index is -0.424. The summed E-state index contributed by atoms with van der Waals surface area (Å²) in [6, 6.07) is 2.02. The molecule has 28 heavy (non-hydrogen) atoms. The van der Waals surface area contributed by atoms with Gasteiger partial charge in [0.2, 0.25) is 0 Å². The largest absolute Gasteiger partial charge is 0.447 e. The molecule has 3 heterocycles. The summed E-state index contributed by atoms with van der Waals surface area (Å²) in [4.78, 5) is 36.2. The van der Waals surface area contributed by atoms with E-state index in [1.165, 1.54) is 6.20 Å². The average Bonchev–Trinajstić information content (AvgIpc) is 3.18. The Morgan fingerprint density at radius 1 is 1.25 bits per heavy atom. The summed E-state index contributed by atoms with van der Waals surface area (Å²) in [7, 11) is 1.56. The molecule has 1 amide bonds. The van der Waals surface area contributed by atoms with Crippen LogP contribution in [0.1, 0.15) is 31.7 Å². The smallest absolute Gasteiger partial charge is 0.407 e. The van der Waals surface area contributed by atoms with E-state index in [0.29, 0.717) is 12.1 Å². The van der Waals surface area contributed by atoms with E-state index >= 15 is 0 Å². The highest BCUT2D eigenvalue weighted by atomic mass is 16.6. The number of fused-ring (bicyclic) bond motifs is 3. The van der Waals surface area contributed by atoms with Crippen molar-refractivity contribution in [2.45, 2.75) is 37.8 Å². The molecule has 0 aromatic carbocycles. The lowest BCUT2D eigenvalue weighted by atomic mass is 9.90. The number of carbonyl (C=O) groups excluding carboxylic acids is 1. The van der Waals surface area contributed by atoms with Crippen LogP contribution in [0.2, 0.25) is 0 Å². The Balaban J connectivity index is 1.51. The number of pyridine rings is 1. The van der Waals surface area contributed by atoms with Gasteiger partial charge in [-0.25, -0.2) is 14.8 Å². The molecule has 9 nitrogen and oxygen atoms in total. The van der Waals surface area contributed by atoms with Gasteiger partial charge < -0.3 is 24.3 Å². The van der Waals surface area contributed by atoms with E-state index in [2.05, 4.69) is 20.3 Å². The number of hydrogen-bond donors (Lipinski definition) is 2. The predicted molar refractivity (Wildman–Crippen MR) is 103 cm³/mol. The molecule has 148 valence electrons. The van der Waals surface area contributed by atoms with E-state index in [1.807, 2.05) is 16.8 Å². The second kappa shape index (κ2) is 7.97. The molecule has 0 radical (unpaired) electrons. The first kappa shape index (κ1) is 18.4. The van der Waals surface area contributed by atoms with Crippen LogP contribution in [0.4, 0.5) is 4.79 Å². The standard InChI is InChI=1S/C19H23N5O4/c1-27-8-9-28-19(26)23-12-2-4-13(5-3-12)24-16(25)11-21-15-10-22-18-14(17(15)24)6-7-20-18/h6-7,10-13H,2-5,8-9H2,1H3,(H,20,22)(H,23,26)/t12-,13-. The first-order chi connectivity index (χ1) is 13.7. The van der Waals surface area contributed by atoms with Crippen molar-refractivity contribution >= 4 is 28.2 Å². The number of aromatic nitrogens is 4. The Labute approximate surface area is 161 Å². The van der Waals surface area contributed by atoms with Gasteiger partial charge in [-0.05, 0) is 31.7 Å². The summed E-state index contributed by atoms with van der Waals surface area (Å²) in [5, 5.41) is 3.79. The van der Waals surface area contributed by atoms with Gasteiger partial charge in [0.15, 0.2) is 0 Å². The molecule has 3 aromatic heterocycles. The van der Waals surface area contributed by atoms with Crippen LogP contribution in [0, 0.1) is 0 Å². The molecule has 0 aliphatic heterocycles. The number of H-pyrrole nitrogens is 1. The molecule has 0 saturated heterocycles. The Kier molecular flexibility index (Phi) is 5.25. The topological polar surface area (TPSA) is 111 Å². The van der Waals surface area contributed by atoms with Gasteiger partial charge in [0.25, 0.3) is 5.56 Å². The zero-order valence-corrected chi connectivity index (χ0v) is 15.7. The van der Waals surface area contributed by atoms with Gasteiger partial charge in [-0.3, -0.25) is 4.79 Å². The second-order valence-electron chi connectivity index (χ2n) is 6.98. The molecule has 1 aliphatic rings. The highest BCUT2D eigenvalue weighted by Crippen LogP contribution is 2.31. The molecule has 0 unspecified atom stereocenters. The summed E-state index contributed by atoms with van der Waals surface area (Å²) in [6.45, 7) is 0.609. The molecule has 1 fully saturated rings. The Morgan fingerprint density at radius 3 is 2.86 bits per heavy atom. The molecule has 4 rings (SSSR count). The van der Waals surface area contributed by atoms with Gasteiger partial charge in [-0.1, -0.05) is 0 Å². The Morgan fingerprint density at radius 2 is 2.07 bits per heavy atom. The van der Waals surface area contributed by atoms with Crippen LogP contribution in [0.15, 0.2) is 29.5 Å². The first-order valence-corrected chi connectivity index (χ1v) is 9.43. The lowest BCUT2D eigenvalue weighted by Crippen LogP contribution is -2.39. The maximum Gasteiger partial charge on any atom is 0.407 e. The number of aromatic amines is 1. The zero-order chi connectivity index (χ0) is 19.5. The molecule has 0 spiro atoms. The summed E-state index contributed by atoms with van der Waals surface area (Å²) < 4.78 is 11.8. The molecule has 0 bridgehead atoms. The van der Waals surface area contributed by atoms with Gasteiger partial charge in [0.05, 0.1) is 24.5 Å². The monoisotopic (exact) mass is 385 g/mol. The zero-order valence-electron chi connectivity index (χ0n) is 15.7. The van der Waals surface area contributed by atoms with Crippen molar-refractivity contribution in [1.29, 1.82) is 0 Å². The van der Waals surface area contributed by atoms with Gasteiger partial charge >= 0.3 is 6.09 Å². The quantitative estimate of drug-likeness (QED) is 0.651. The van der Waals surface area contributed by atoms with Crippen LogP contribution < -0.4 is 10.9 Å². The van der Waals surface area contributed by atoms with E-state index in [-0.39, 0.29) is 24.2 Å². The number of methoxy groups -OCH3 is 1. The van der Waals surface area contributed by atoms with Crippen LogP contribution in [0.25, 0.3) is 22.1 Å². The van der Waals surface area contributed by atoms with E-state index in [0.717, 1.165) is 42.2 Å². The molecule has 3 aromatic rings.